The first-order valence-corrected chi connectivity index (χ1v) is 12.6. The Morgan fingerprint density at radius 3 is 2.49 bits per heavy atom. The molecule has 1 aliphatic carbocycles. The fourth-order valence-corrected chi connectivity index (χ4v) is 4.80. The molecule has 10 nitrogen and oxygen atoms in total. The Labute approximate surface area is 203 Å². The lowest BCUT2D eigenvalue weighted by molar-refractivity contribution is 0.0525. The largest absolute Gasteiger partial charge is 0.495 e. The highest BCUT2D eigenvalue weighted by atomic mass is 32.2. The third-order valence-corrected chi connectivity index (χ3v) is 7.03. The van der Waals surface area contributed by atoms with E-state index in [9.17, 15) is 18.0 Å². The van der Waals surface area contributed by atoms with Crippen LogP contribution >= 0.6 is 0 Å². The second-order valence-electron chi connectivity index (χ2n) is 8.03. The molecule has 2 N–H and O–H groups in total. The highest BCUT2D eigenvalue weighted by Crippen LogP contribution is 2.29. The fourth-order valence-electron chi connectivity index (χ4n) is 3.47. The number of amides is 1. The third kappa shape index (κ3) is 5.36. The molecule has 0 unspecified atom stereocenters. The molecule has 184 valence electrons. The summed E-state index contributed by atoms with van der Waals surface area (Å²) in [6.45, 7) is 3.76. The van der Waals surface area contributed by atoms with Crippen LogP contribution in [0.2, 0.25) is 0 Å². The molecular weight excluding hydrogens is 472 g/mol. The number of ether oxygens (including phenoxy) is 2. The van der Waals surface area contributed by atoms with Crippen LogP contribution in [0, 0.1) is 6.92 Å². The maximum absolute atomic E-state index is 12.9. The van der Waals surface area contributed by atoms with E-state index in [0.717, 1.165) is 12.8 Å². The van der Waals surface area contributed by atoms with Gasteiger partial charge in [0.2, 0.25) is 10.0 Å². The molecule has 2 aromatic carbocycles. The molecule has 0 spiro atoms. The zero-order chi connectivity index (χ0) is 25.2. The first-order chi connectivity index (χ1) is 16.7. The molecule has 35 heavy (non-hydrogen) atoms. The van der Waals surface area contributed by atoms with E-state index >= 15 is 0 Å². The molecule has 0 saturated heterocycles. The molecule has 0 atom stereocenters. The number of hydrogen-bond acceptors (Lipinski definition) is 7. The molecule has 0 bridgehead atoms. The third-order valence-electron chi connectivity index (χ3n) is 5.51. The van der Waals surface area contributed by atoms with Crippen molar-refractivity contribution in [1.29, 1.82) is 0 Å². The topological polar surface area (TPSA) is 129 Å². The number of sulfonamides is 1. The quantitative estimate of drug-likeness (QED) is 0.434. The lowest BCUT2D eigenvalue weighted by atomic mass is 10.1. The average molecular weight is 499 g/mol. The Morgan fingerprint density at radius 2 is 1.86 bits per heavy atom. The highest BCUT2D eigenvalue weighted by Gasteiger charge is 2.28. The van der Waals surface area contributed by atoms with Crippen molar-refractivity contribution in [2.24, 2.45) is 0 Å². The number of benzene rings is 2. The van der Waals surface area contributed by atoms with Crippen LogP contribution in [0.1, 0.15) is 46.2 Å². The van der Waals surface area contributed by atoms with Crippen LogP contribution in [0.15, 0.2) is 53.6 Å². The van der Waals surface area contributed by atoms with Crippen LogP contribution < -0.4 is 14.8 Å². The molecule has 1 aromatic heterocycles. The van der Waals surface area contributed by atoms with Gasteiger partial charge >= 0.3 is 5.97 Å². The Balaban J connectivity index is 1.53. The van der Waals surface area contributed by atoms with E-state index in [2.05, 4.69) is 15.1 Å². The lowest BCUT2D eigenvalue weighted by Gasteiger charge is -2.13. The summed E-state index contributed by atoms with van der Waals surface area (Å²) in [5.74, 6) is -0.555. The number of rotatable bonds is 9. The zero-order valence-electron chi connectivity index (χ0n) is 19.6. The molecular formula is C24H26N4O6S. The smallest absolute Gasteiger partial charge is 0.341 e. The molecule has 0 radical (unpaired) electrons. The second kappa shape index (κ2) is 9.88. The first kappa shape index (κ1) is 24.4. The van der Waals surface area contributed by atoms with Gasteiger partial charge in [-0.3, -0.25) is 4.79 Å². The first-order valence-electron chi connectivity index (χ1n) is 11.1. The van der Waals surface area contributed by atoms with Gasteiger partial charge in [0.05, 0.1) is 41.9 Å². The van der Waals surface area contributed by atoms with Gasteiger partial charge in [0.1, 0.15) is 11.3 Å². The van der Waals surface area contributed by atoms with Crippen molar-refractivity contribution in [2.75, 3.05) is 19.0 Å². The number of esters is 1. The monoisotopic (exact) mass is 498 g/mol. The van der Waals surface area contributed by atoms with Crippen LogP contribution in [0.25, 0.3) is 5.69 Å². The summed E-state index contributed by atoms with van der Waals surface area (Å²) in [7, 11) is -2.25. The Kier molecular flexibility index (Phi) is 6.90. The summed E-state index contributed by atoms with van der Waals surface area (Å²) in [6, 6.07) is 10.9. The zero-order valence-corrected chi connectivity index (χ0v) is 20.4. The van der Waals surface area contributed by atoms with Gasteiger partial charge in [0, 0.05) is 11.6 Å². The van der Waals surface area contributed by atoms with E-state index in [0.29, 0.717) is 28.3 Å². The Bertz CT molecular complexity index is 1360. The molecule has 0 aliphatic heterocycles. The van der Waals surface area contributed by atoms with E-state index in [1.807, 2.05) is 0 Å². The second-order valence-corrected chi connectivity index (χ2v) is 9.75. The molecule has 11 heteroatoms. The predicted molar refractivity (Wildman–Crippen MR) is 129 cm³/mol. The van der Waals surface area contributed by atoms with Gasteiger partial charge < -0.3 is 14.8 Å². The number of carbonyl (C=O) groups is 2. The van der Waals surface area contributed by atoms with E-state index in [-0.39, 0.29) is 23.2 Å². The average Bonchev–Trinajstić information content (AvgIpc) is 3.56. The van der Waals surface area contributed by atoms with Crippen molar-refractivity contribution in [3.8, 4) is 11.4 Å². The summed E-state index contributed by atoms with van der Waals surface area (Å²) < 4.78 is 39.7. The van der Waals surface area contributed by atoms with Crippen LogP contribution in [-0.4, -0.2) is 49.8 Å². The molecule has 1 heterocycles. The number of hydrogen-bond donors (Lipinski definition) is 2. The summed E-state index contributed by atoms with van der Waals surface area (Å²) in [6.07, 6.45) is 3.08. The van der Waals surface area contributed by atoms with Gasteiger partial charge in [0.15, 0.2) is 0 Å². The van der Waals surface area contributed by atoms with Gasteiger partial charge in [-0.2, -0.15) is 5.10 Å². The van der Waals surface area contributed by atoms with Crippen LogP contribution in [0.4, 0.5) is 5.69 Å². The SMILES string of the molecule is CCOC(=O)c1cnn(-c2ccc(C(=O)Nc3cc(S(=O)(=O)NC4CC4)ccc3OC)cc2)c1C. The van der Waals surface area contributed by atoms with Crippen LogP contribution in [0.5, 0.6) is 5.75 Å². The molecule has 1 fully saturated rings. The van der Waals surface area contributed by atoms with E-state index in [4.69, 9.17) is 9.47 Å². The van der Waals surface area contributed by atoms with Crippen molar-refractivity contribution in [2.45, 2.75) is 37.6 Å². The number of anilines is 1. The number of methoxy groups -OCH3 is 1. The Hall–Kier alpha value is -3.70. The number of nitrogens with one attached hydrogen (secondary N) is 2. The maximum Gasteiger partial charge on any atom is 0.341 e. The highest BCUT2D eigenvalue weighted by molar-refractivity contribution is 7.89. The van der Waals surface area contributed by atoms with Gasteiger partial charge in [-0.25, -0.2) is 22.6 Å². The van der Waals surface area contributed by atoms with Gasteiger partial charge in [-0.1, -0.05) is 0 Å². The minimum absolute atomic E-state index is 0.0366. The number of carbonyl (C=O) groups excluding carboxylic acids is 2. The molecule has 1 amide bonds. The maximum atomic E-state index is 12.9. The van der Waals surface area contributed by atoms with E-state index in [1.54, 1.807) is 42.8 Å². The van der Waals surface area contributed by atoms with Gasteiger partial charge in [-0.15, -0.1) is 0 Å². The Morgan fingerprint density at radius 1 is 1.14 bits per heavy atom. The van der Waals surface area contributed by atoms with Gasteiger partial charge in [0.25, 0.3) is 5.91 Å². The van der Waals surface area contributed by atoms with Crippen molar-refractivity contribution in [3.63, 3.8) is 0 Å². The molecule has 4 rings (SSSR count). The number of aromatic nitrogens is 2. The normalized spacial score (nSPS) is 13.3. The minimum atomic E-state index is -3.69. The molecule has 1 saturated carbocycles. The number of nitrogens with zero attached hydrogens (tertiary/aromatic N) is 2. The van der Waals surface area contributed by atoms with Crippen LogP contribution in [-0.2, 0) is 14.8 Å². The van der Waals surface area contributed by atoms with Gasteiger partial charge in [-0.05, 0) is 69.2 Å². The summed E-state index contributed by atoms with van der Waals surface area (Å²) in [4.78, 5) is 25.0. The summed E-state index contributed by atoms with van der Waals surface area (Å²) in [5.41, 5.74) is 2.22. The lowest BCUT2D eigenvalue weighted by Crippen LogP contribution is -2.25. The van der Waals surface area contributed by atoms with Crippen LogP contribution in [0.3, 0.4) is 0 Å². The molecule has 1 aliphatic rings. The van der Waals surface area contributed by atoms with Crippen molar-refractivity contribution in [3.05, 3.63) is 65.5 Å². The van der Waals surface area contributed by atoms with E-state index in [1.165, 1.54) is 31.5 Å². The fraction of sp³-hybridized carbons (Fsp3) is 0.292. The standard InChI is InChI=1S/C24H26N4O6S/c1-4-34-24(30)20-14-25-28(15(20)2)18-9-5-16(6-10-18)23(29)26-21-13-19(11-12-22(21)33-3)35(31,32)27-17-7-8-17/h5-6,9-14,17,27H,4,7-8H2,1-3H3,(H,26,29). The summed E-state index contributed by atoms with van der Waals surface area (Å²) in [5, 5.41) is 6.97. The van der Waals surface area contributed by atoms with Crippen molar-refractivity contribution < 1.29 is 27.5 Å². The summed E-state index contributed by atoms with van der Waals surface area (Å²) >= 11 is 0. The van der Waals surface area contributed by atoms with Crippen molar-refractivity contribution >= 4 is 27.6 Å². The predicted octanol–water partition coefficient (Wildman–Crippen LogP) is 3.06. The molecule has 3 aromatic rings. The minimum Gasteiger partial charge on any atom is -0.495 e. The van der Waals surface area contributed by atoms with E-state index < -0.39 is 21.9 Å². The van der Waals surface area contributed by atoms with Crippen molar-refractivity contribution in [1.82, 2.24) is 14.5 Å².